The van der Waals surface area contributed by atoms with E-state index in [1.807, 2.05) is 25.9 Å². The van der Waals surface area contributed by atoms with Crippen LogP contribution in [0.4, 0.5) is 0 Å². The fraction of sp³-hybridized carbons (Fsp3) is 0.650. The lowest BCUT2D eigenvalue weighted by atomic mass is 9.78. The molecule has 0 bridgehead atoms. The van der Waals surface area contributed by atoms with Crippen LogP contribution in [0.25, 0.3) is 0 Å². The van der Waals surface area contributed by atoms with Crippen molar-refractivity contribution in [3.8, 4) is 0 Å². The summed E-state index contributed by atoms with van der Waals surface area (Å²) in [6.07, 6.45) is 0.829. The zero-order valence-corrected chi connectivity index (χ0v) is 18.5. The molecule has 2 amide bonds. The minimum Gasteiger partial charge on any atom is -0.477 e. The zero-order chi connectivity index (χ0) is 22.3. The number of hydrogen-bond acceptors (Lipinski definition) is 7. The van der Waals surface area contributed by atoms with Crippen molar-refractivity contribution in [3.63, 3.8) is 0 Å². The van der Waals surface area contributed by atoms with Gasteiger partial charge in [-0.15, -0.1) is 11.8 Å². The summed E-state index contributed by atoms with van der Waals surface area (Å²) in [5.74, 6) is -2.61. The molecule has 166 valence electrons. The number of fused-ring (bicyclic) bond motifs is 1. The van der Waals surface area contributed by atoms with Crippen LogP contribution in [0.5, 0.6) is 0 Å². The number of carboxylic acids is 1. The number of nitrogens with one attached hydrogen (secondary N) is 2. The fourth-order valence-corrected chi connectivity index (χ4v) is 6.10. The molecule has 0 radical (unpaired) electrons. The molecule has 0 spiro atoms. The molecule has 10 heteroatoms. The third kappa shape index (κ3) is 3.83. The molecule has 2 saturated heterocycles. The van der Waals surface area contributed by atoms with Crippen LogP contribution in [0.15, 0.2) is 22.9 Å². The van der Waals surface area contributed by atoms with E-state index in [0.717, 1.165) is 18.7 Å². The molecule has 0 saturated carbocycles. The van der Waals surface area contributed by atoms with Gasteiger partial charge in [-0.25, -0.2) is 4.79 Å². The second kappa shape index (κ2) is 8.60. The highest BCUT2D eigenvalue weighted by Crippen LogP contribution is 2.51. The lowest BCUT2D eigenvalue weighted by Crippen LogP contribution is -2.66. The number of hydrogen-bond donors (Lipinski definition) is 4. The lowest BCUT2D eigenvalue weighted by Gasteiger charge is -2.47. The standard InChI is InChI=1S/C20H30N4O5S/c1-9-16-15(10(2)22-14(26)8-25)19(27)24(16)17(20(28)29)18(9)30-12-6-13(21-7-12)11(3)23(4)5/h9-10,12-13,15-16,21,25H,3,6-8H2,1-2,4-5H3,(H,22,26)(H,28,29)/t9-,10-,12+,13+,15-,16?/m1/s1. The van der Waals surface area contributed by atoms with Crippen molar-refractivity contribution >= 4 is 29.5 Å². The minimum atomic E-state index is -1.11. The first-order valence-corrected chi connectivity index (χ1v) is 10.9. The molecule has 3 rings (SSSR count). The molecule has 4 N–H and O–H groups in total. The van der Waals surface area contributed by atoms with E-state index in [-0.39, 0.29) is 34.9 Å². The summed E-state index contributed by atoms with van der Waals surface area (Å²) in [5, 5.41) is 25.0. The molecule has 6 atom stereocenters. The Kier molecular flexibility index (Phi) is 6.49. The zero-order valence-electron chi connectivity index (χ0n) is 17.7. The van der Waals surface area contributed by atoms with E-state index >= 15 is 0 Å². The van der Waals surface area contributed by atoms with Crippen molar-refractivity contribution in [2.75, 3.05) is 27.2 Å². The monoisotopic (exact) mass is 438 g/mol. The normalized spacial score (nSPS) is 31.3. The Morgan fingerprint density at radius 2 is 2.10 bits per heavy atom. The van der Waals surface area contributed by atoms with E-state index in [4.69, 9.17) is 5.11 Å². The van der Waals surface area contributed by atoms with E-state index in [0.29, 0.717) is 4.91 Å². The molecule has 0 aliphatic carbocycles. The molecule has 2 fully saturated rings. The lowest BCUT2D eigenvalue weighted by molar-refractivity contribution is -0.158. The van der Waals surface area contributed by atoms with Gasteiger partial charge in [0.05, 0.1) is 12.0 Å². The Balaban J connectivity index is 1.76. The summed E-state index contributed by atoms with van der Waals surface area (Å²) in [6.45, 7) is 7.84. The van der Waals surface area contributed by atoms with Crippen molar-refractivity contribution in [3.05, 3.63) is 22.9 Å². The Morgan fingerprint density at radius 3 is 2.67 bits per heavy atom. The molecule has 1 unspecified atom stereocenters. The predicted molar refractivity (Wildman–Crippen MR) is 113 cm³/mol. The highest BCUT2D eigenvalue weighted by Gasteiger charge is 2.60. The number of carboxylic acid groups (broad SMARTS) is 1. The number of β-lactam (4-membered cyclic amide) rings is 1. The van der Waals surface area contributed by atoms with Crippen molar-refractivity contribution < 1.29 is 24.6 Å². The van der Waals surface area contributed by atoms with E-state index < -0.39 is 30.4 Å². The van der Waals surface area contributed by atoms with Crippen LogP contribution in [0.3, 0.4) is 0 Å². The fourth-order valence-electron chi connectivity index (χ4n) is 4.62. The summed E-state index contributed by atoms with van der Waals surface area (Å²) in [5.41, 5.74) is 1.05. The largest absolute Gasteiger partial charge is 0.477 e. The Bertz CT molecular complexity index is 798. The van der Waals surface area contributed by atoms with E-state index in [9.17, 15) is 19.5 Å². The summed E-state index contributed by atoms with van der Waals surface area (Å²) < 4.78 is 0. The number of aliphatic carboxylic acids is 1. The highest BCUT2D eigenvalue weighted by atomic mass is 32.2. The van der Waals surface area contributed by atoms with Gasteiger partial charge in [-0.2, -0.15) is 0 Å². The Hall–Kier alpha value is -2.04. The first kappa shape index (κ1) is 22.6. The van der Waals surface area contributed by atoms with Crippen LogP contribution in [0, 0.1) is 11.8 Å². The van der Waals surface area contributed by atoms with E-state index in [1.54, 1.807) is 6.92 Å². The van der Waals surface area contributed by atoms with Crippen molar-refractivity contribution in [2.24, 2.45) is 11.8 Å². The van der Waals surface area contributed by atoms with Gasteiger partial charge in [-0.3, -0.25) is 9.59 Å². The van der Waals surface area contributed by atoms with Crippen LogP contribution in [-0.2, 0) is 14.4 Å². The van der Waals surface area contributed by atoms with Gasteiger partial charge < -0.3 is 30.6 Å². The maximum Gasteiger partial charge on any atom is 0.353 e. The van der Waals surface area contributed by atoms with Gasteiger partial charge in [0.2, 0.25) is 11.8 Å². The highest BCUT2D eigenvalue weighted by molar-refractivity contribution is 8.03. The minimum absolute atomic E-state index is 0.0642. The second-order valence-electron chi connectivity index (χ2n) is 8.37. The summed E-state index contributed by atoms with van der Waals surface area (Å²) in [7, 11) is 3.89. The van der Waals surface area contributed by atoms with Gasteiger partial charge in [0.1, 0.15) is 12.3 Å². The molecule has 0 aromatic rings. The predicted octanol–water partition coefficient (Wildman–Crippen LogP) is -0.205. The van der Waals surface area contributed by atoms with Gasteiger partial charge in [-0.1, -0.05) is 13.5 Å². The maximum atomic E-state index is 12.8. The van der Waals surface area contributed by atoms with Gasteiger partial charge in [0.15, 0.2) is 0 Å². The summed E-state index contributed by atoms with van der Waals surface area (Å²) >= 11 is 1.53. The van der Waals surface area contributed by atoms with Gasteiger partial charge in [0, 0.05) is 54.5 Å². The van der Waals surface area contributed by atoms with Crippen LogP contribution < -0.4 is 10.6 Å². The number of amides is 2. The van der Waals surface area contributed by atoms with Crippen LogP contribution >= 0.6 is 11.8 Å². The topological polar surface area (TPSA) is 122 Å². The van der Waals surface area contributed by atoms with Crippen LogP contribution in [0.2, 0.25) is 0 Å². The van der Waals surface area contributed by atoms with Crippen LogP contribution in [0.1, 0.15) is 20.3 Å². The molecule has 30 heavy (non-hydrogen) atoms. The molecule has 0 aromatic heterocycles. The number of rotatable bonds is 8. The summed E-state index contributed by atoms with van der Waals surface area (Å²) in [6, 6.07) is -0.647. The third-order valence-corrected chi connectivity index (χ3v) is 7.73. The average Bonchev–Trinajstić information content (AvgIpc) is 3.23. The van der Waals surface area contributed by atoms with E-state index in [1.165, 1.54) is 16.7 Å². The molecule has 3 heterocycles. The number of nitrogens with zero attached hydrogens (tertiary/aromatic N) is 2. The third-order valence-electron chi connectivity index (χ3n) is 6.22. The smallest absolute Gasteiger partial charge is 0.353 e. The van der Waals surface area contributed by atoms with E-state index in [2.05, 4.69) is 17.2 Å². The van der Waals surface area contributed by atoms with Crippen molar-refractivity contribution in [1.29, 1.82) is 0 Å². The van der Waals surface area contributed by atoms with Crippen LogP contribution in [-0.4, -0.2) is 88.4 Å². The molecule has 3 aliphatic heterocycles. The number of carbonyl (C=O) groups excluding carboxylic acids is 2. The number of aliphatic hydroxyl groups is 1. The molecule has 3 aliphatic rings. The average molecular weight is 439 g/mol. The first-order chi connectivity index (χ1) is 14.1. The van der Waals surface area contributed by atoms with Gasteiger partial charge in [-0.05, 0) is 13.3 Å². The maximum absolute atomic E-state index is 12.8. The Morgan fingerprint density at radius 1 is 1.43 bits per heavy atom. The van der Waals surface area contributed by atoms with Gasteiger partial charge in [0.25, 0.3) is 0 Å². The molecular formula is C20H30N4O5S. The number of carbonyl (C=O) groups is 3. The second-order valence-corrected chi connectivity index (χ2v) is 9.71. The molecule has 0 aromatic carbocycles. The quantitative estimate of drug-likeness (QED) is 0.384. The molecular weight excluding hydrogens is 408 g/mol. The molecule has 9 nitrogen and oxygen atoms in total. The number of thioether (sulfide) groups is 1. The SMILES string of the molecule is C=C([C@@H]1C[C@H](SC2=C(C(=O)O)N3C(=O)[C@H]([C@@H](C)NC(=O)CO)C3[C@H]2C)CN1)N(C)C. The van der Waals surface area contributed by atoms with Crippen molar-refractivity contribution in [1.82, 2.24) is 20.4 Å². The van der Waals surface area contributed by atoms with Crippen molar-refractivity contribution in [2.45, 2.75) is 43.6 Å². The Labute approximate surface area is 180 Å². The van der Waals surface area contributed by atoms with Gasteiger partial charge >= 0.3 is 5.97 Å². The first-order valence-electron chi connectivity index (χ1n) is 10.0. The number of aliphatic hydroxyl groups excluding tert-OH is 1. The number of likely N-dealkylation sites (N-methyl/N-ethyl adjacent to an activating group) is 1. The summed E-state index contributed by atoms with van der Waals surface area (Å²) in [4.78, 5) is 40.4.